The highest BCUT2D eigenvalue weighted by molar-refractivity contribution is 7.89. The molecule has 1 fully saturated rings. The van der Waals surface area contributed by atoms with E-state index in [4.69, 9.17) is 16.3 Å². The van der Waals surface area contributed by atoms with Gasteiger partial charge in [0, 0.05) is 25.7 Å². The lowest BCUT2D eigenvalue weighted by Gasteiger charge is -2.27. The van der Waals surface area contributed by atoms with Gasteiger partial charge in [-0.2, -0.15) is 4.31 Å². The lowest BCUT2D eigenvalue weighted by Crippen LogP contribution is -2.40. The summed E-state index contributed by atoms with van der Waals surface area (Å²) in [4.78, 5) is 14.1. The van der Waals surface area contributed by atoms with Crippen molar-refractivity contribution in [2.45, 2.75) is 17.9 Å². The molecule has 0 radical (unpaired) electrons. The van der Waals surface area contributed by atoms with Crippen LogP contribution in [0, 0.1) is 11.6 Å². The number of ether oxygens (including phenoxy) is 1. The highest BCUT2D eigenvalue weighted by Gasteiger charge is 2.30. The van der Waals surface area contributed by atoms with Crippen molar-refractivity contribution in [1.82, 2.24) is 9.21 Å². The number of sulfonamides is 1. The van der Waals surface area contributed by atoms with E-state index >= 15 is 0 Å². The van der Waals surface area contributed by atoms with Crippen LogP contribution in [-0.4, -0.2) is 56.9 Å². The summed E-state index contributed by atoms with van der Waals surface area (Å²) in [6, 6.07) is 6.86. The molecule has 2 aromatic rings. The van der Waals surface area contributed by atoms with E-state index in [1.54, 1.807) is 6.92 Å². The molecular weight excluding hydrogens is 438 g/mol. The Bertz CT molecular complexity index is 1060. The minimum atomic E-state index is -3.90. The molecule has 0 spiro atoms. The molecule has 1 saturated heterocycles. The second kappa shape index (κ2) is 8.97. The van der Waals surface area contributed by atoms with E-state index in [9.17, 15) is 22.0 Å². The average molecular weight is 459 g/mol. The summed E-state index contributed by atoms with van der Waals surface area (Å²) in [7, 11) is -2.40. The third-order valence-corrected chi connectivity index (χ3v) is 7.47. The minimum Gasteiger partial charge on any atom is -0.379 e. The number of benzene rings is 2. The molecule has 0 bridgehead atoms. The summed E-state index contributed by atoms with van der Waals surface area (Å²) in [5.41, 5.74) is 0.517. The first-order chi connectivity index (χ1) is 14.1. The van der Waals surface area contributed by atoms with Gasteiger partial charge in [0.2, 0.25) is 10.0 Å². The van der Waals surface area contributed by atoms with Crippen molar-refractivity contribution in [2.75, 3.05) is 33.4 Å². The summed E-state index contributed by atoms with van der Waals surface area (Å²) >= 11 is 6.14. The molecular formula is C20H21ClF2N2O4S. The highest BCUT2D eigenvalue weighted by Crippen LogP contribution is 2.28. The number of amides is 1. The topological polar surface area (TPSA) is 66.9 Å². The number of rotatable bonds is 5. The number of carbonyl (C=O) groups excluding carboxylic acids is 1. The smallest absolute Gasteiger partial charge is 0.254 e. The van der Waals surface area contributed by atoms with E-state index in [0.717, 1.165) is 12.1 Å². The molecule has 6 nitrogen and oxygen atoms in total. The highest BCUT2D eigenvalue weighted by atomic mass is 35.5. The maximum absolute atomic E-state index is 13.6. The van der Waals surface area contributed by atoms with Gasteiger partial charge in [-0.05, 0) is 42.8 Å². The number of halogens is 3. The van der Waals surface area contributed by atoms with Crippen molar-refractivity contribution in [3.8, 4) is 0 Å². The van der Waals surface area contributed by atoms with E-state index in [-0.39, 0.29) is 41.8 Å². The Morgan fingerprint density at radius 3 is 2.43 bits per heavy atom. The molecule has 0 aliphatic carbocycles. The van der Waals surface area contributed by atoms with Crippen molar-refractivity contribution in [2.24, 2.45) is 0 Å². The van der Waals surface area contributed by atoms with Gasteiger partial charge < -0.3 is 9.64 Å². The van der Waals surface area contributed by atoms with Crippen LogP contribution in [0.3, 0.4) is 0 Å². The molecule has 0 aromatic heterocycles. The Kier molecular flexibility index (Phi) is 6.76. The third-order valence-electron chi connectivity index (χ3n) is 5.09. The number of morpholine rings is 1. The van der Waals surface area contributed by atoms with Crippen LogP contribution in [0.2, 0.25) is 5.02 Å². The summed E-state index contributed by atoms with van der Waals surface area (Å²) in [5.74, 6) is -2.47. The second-order valence-electron chi connectivity index (χ2n) is 6.93. The molecule has 0 saturated carbocycles. The lowest BCUT2D eigenvalue weighted by molar-refractivity contribution is 0.0728. The Hall–Kier alpha value is -2.07. The van der Waals surface area contributed by atoms with Crippen LogP contribution in [0.5, 0.6) is 0 Å². The van der Waals surface area contributed by atoms with Crippen molar-refractivity contribution in [3.05, 3.63) is 64.2 Å². The number of hydrogen-bond acceptors (Lipinski definition) is 4. The zero-order valence-corrected chi connectivity index (χ0v) is 18.0. The fourth-order valence-corrected chi connectivity index (χ4v) is 5.04. The Balaban J connectivity index is 1.89. The fraction of sp³-hybridized carbons (Fsp3) is 0.350. The maximum Gasteiger partial charge on any atom is 0.254 e. The van der Waals surface area contributed by atoms with Crippen LogP contribution in [-0.2, 0) is 14.8 Å². The summed E-state index contributed by atoms with van der Waals surface area (Å²) in [6.45, 7) is 2.62. The van der Waals surface area contributed by atoms with Crippen LogP contribution in [0.15, 0.2) is 41.3 Å². The lowest BCUT2D eigenvalue weighted by atomic mass is 10.1. The van der Waals surface area contributed by atoms with E-state index in [1.807, 2.05) is 0 Å². The van der Waals surface area contributed by atoms with Gasteiger partial charge >= 0.3 is 0 Å². The van der Waals surface area contributed by atoms with Gasteiger partial charge in [-0.25, -0.2) is 17.2 Å². The van der Waals surface area contributed by atoms with Gasteiger partial charge in [-0.3, -0.25) is 4.79 Å². The summed E-state index contributed by atoms with van der Waals surface area (Å²) in [6.07, 6.45) is 0. The molecule has 1 aliphatic heterocycles. The third kappa shape index (κ3) is 4.49. The molecule has 3 rings (SSSR count). The van der Waals surface area contributed by atoms with Crippen molar-refractivity contribution < 1.29 is 26.7 Å². The average Bonchev–Trinajstić information content (AvgIpc) is 2.75. The first-order valence-electron chi connectivity index (χ1n) is 9.22. The molecule has 2 aromatic carbocycles. The van der Waals surface area contributed by atoms with E-state index in [0.29, 0.717) is 5.56 Å². The monoisotopic (exact) mass is 458 g/mol. The van der Waals surface area contributed by atoms with Gasteiger partial charge in [0.1, 0.15) is 4.90 Å². The van der Waals surface area contributed by atoms with Gasteiger partial charge in [0.05, 0.1) is 24.3 Å². The van der Waals surface area contributed by atoms with Crippen LogP contribution in [0.1, 0.15) is 28.9 Å². The second-order valence-corrected chi connectivity index (χ2v) is 9.24. The first kappa shape index (κ1) is 22.6. The van der Waals surface area contributed by atoms with E-state index < -0.39 is 33.6 Å². The Labute approximate surface area is 179 Å². The van der Waals surface area contributed by atoms with E-state index in [1.165, 1.54) is 40.5 Å². The summed E-state index contributed by atoms with van der Waals surface area (Å²) < 4.78 is 59.1. The molecule has 1 aliphatic rings. The SMILES string of the molecule is CC(c1ccc(F)c(F)c1)N(C)C(=O)c1ccc(Cl)c(S(=O)(=O)N2CCOCC2)c1. The van der Waals surface area contributed by atoms with Gasteiger partial charge in [0.25, 0.3) is 5.91 Å². The molecule has 162 valence electrons. The molecule has 1 atom stereocenters. The quantitative estimate of drug-likeness (QED) is 0.688. The van der Waals surface area contributed by atoms with Crippen LogP contribution in [0.4, 0.5) is 8.78 Å². The van der Waals surface area contributed by atoms with Gasteiger partial charge in [-0.1, -0.05) is 17.7 Å². The number of nitrogens with zero attached hydrogens (tertiary/aromatic N) is 2. The normalized spacial score (nSPS) is 16.3. The van der Waals surface area contributed by atoms with Crippen molar-refractivity contribution >= 4 is 27.5 Å². The van der Waals surface area contributed by atoms with Crippen molar-refractivity contribution in [3.63, 3.8) is 0 Å². The molecule has 10 heteroatoms. The predicted molar refractivity (Wildman–Crippen MR) is 108 cm³/mol. The molecule has 1 unspecified atom stereocenters. The van der Waals surface area contributed by atoms with Crippen molar-refractivity contribution in [1.29, 1.82) is 0 Å². The molecule has 1 heterocycles. The Morgan fingerprint density at radius 1 is 1.13 bits per heavy atom. The molecule has 30 heavy (non-hydrogen) atoms. The first-order valence-corrected chi connectivity index (χ1v) is 11.0. The Morgan fingerprint density at radius 2 is 1.80 bits per heavy atom. The van der Waals surface area contributed by atoms with Crippen LogP contribution >= 0.6 is 11.6 Å². The molecule has 0 N–H and O–H groups in total. The van der Waals surface area contributed by atoms with E-state index in [2.05, 4.69) is 0 Å². The zero-order valence-electron chi connectivity index (χ0n) is 16.4. The standard InChI is InChI=1S/C20H21ClF2N2O4S/c1-13(14-4-6-17(22)18(23)11-14)24(2)20(26)15-3-5-16(21)19(12-15)30(27,28)25-7-9-29-10-8-25/h3-6,11-13H,7-10H2,1-2H3. The van der Waals surface area contributed by atoms with Gasteiger partial charge in [0.15, 0.2) is 11.6 Å². The van der Waals surface area contributed by atoms with Gasteiger partial charge in [-0.15, -0.1) is 0 Å². The zero-order chi connectivity index (χ0) is 22.1. The van der Waals surface area contributed by atoms with Crippen LogP contribution in [0.25, 0.3) is 0 Å². The maximum atomic E-state index is 13.6. The largest absolute Gasteiger partial charge is 0.379 e. The number of carbonyl (C=O) groups is 1. The number of hydrogen-bond donors (Lipinski definition) is 0. The minimum absolute atomic E-state index is 0.00866. The molecule has 1 amide bonds. The fourth-order valence-electron chi connectivity index (χ4n) is 3.14. The summed E-state index contributed by atoms with van der Waals surface area (Å²) in [5, 5.41) is 0.00866. The van der Waals surface area contributed by atoms with Crippen LogP contribution < -0.4 is 0 Å². The predicted octanol–water partition coefficient (Wildman–Crippen LogP) is 3.47.